The van der Waals surface area contributed by atoms with Crippen LogP contribution in [0.1, 0.15) is 56.6 Å². The molecule has 0 aliphatic carbocycles. The van der Waals surface area contributed by atoms with Gasteiger partial charge in [0.05, 0.1) is 0 Å². The van der Waals surface area contributed by atoms with Crippen molar-refractivity contribution >= 4 is 21.8 Å². The van der Waals surface area contributed by atoms with Crippen molar-refractivity contribution in [2.45, 2.75) is 58.5 Å². The molecule has 0 amide bonds. The SMILES string of the molecule is CCCCCCCCN(Cc1c[nH]c2ccccc12)Cc1c[nH]c2ccccc12. The van der Waals surface area contributed by atoms with Crippen LogP contribution in [0.25, 0.3) is 21.8 Å². The second-order valence-corrected chi connectivity index (χ2v) is 8.20. The molecule has 152 valence electrons. The van der Waals surface area contributed by atoms with E-state index in [4.69, 9.17) is 0 Å². The van der Waals surface area contributed by atoms with Crippen molar-refractivity contribution in [2.24, 2.45) is 0 Å². The molecule has 4 aromatic rings. The highest BCUT2D eigenvalue weighted by Crippen LogP contribution is 2.23. The number of H-pyrrole nitrogens is 2. The smallest absolute Gasteiger partial charge is 0.0457 e. The van der Waals surface area contributed by atoms with Gasteiger partial charge < -0.3 is 9.97 Å². The minimum atomic E-state index is 0.985. The minimum Gasteiger partial charge on any atom is -0.361 e. The molecule has 2 aromatic carbocycles. The van der Waals surface area contributed by atoms with Gasteiger partial charge in [-0.25, -0.2) is 0 Å². The average molecular weight is 388 g/mol. The topological polar surface area (TPSA) is 34.8 Å². The lowest BCUT2D eigenvalue weighted by atomic mass is 10.1. The zero-order chi connectivity index (χ0) is 19.9. The van der Waals surface area contributed by atoms with Gasteiger partial charge in [-0.1, -0.05) is 75.4 Å². The van der Waals surface area contributed by atoms with E-state index in [2.05, 4.69) is 82.7 Å². The molecular weight excluding hydrogens is 354 g/mol. The first-order chi connectivity index (χ1) is 14.3. The van der Waals surface area contributed by atoms with E-state index >= 15 is 0 Å². The Morgan fingerprint density at radius 3 is 1.76 bits per heavy atom. The summed E-state index contributed by atoms with van der Waals surface area (Å²) in [5.74, 6) is 0. The number of nitrogens with one attached hydrogen (secondary N) is 2. The van der Waals surface area contributed by atoms with Gasteiger partial charge in [-0.05, 0) is 36.2 Å². The average Bonchev–Trinajstić information content (AvgIpc) is 3.35. The Morgan fingerprint density at radius 1 is 0.655 bits per heavy atom. The highest BCUT2D eigenvalue weighted by molar-refractivity contribution is 5.83. The number of fused-ring (bicyclic) bond motifs is 2. The summed E-state index contributed by atoms with van der Waals surface area (Å²) < 4.78 is 0. The largest absolute Gasteiger partial charge is 0.361 e. The normalized spacial score (nSPS) is 11.8. The predicted molar refractivity (Wildman–Crippen MR) is 124 cm³/mol. The molecular formula is C26H33N3. The molecule has 0 aliphatic heterocycles. The van der Waals surface area contributed by atoms with Crippen molar-refractivity contribution in [2.75, 3.05) is 6.54 Å². The van der Waals surface area contributed by atoms with Crippen LogP contribution in [0.4, 0.5) is 0 Å². The fourth-order valence-corrected chi connectivity index (χ4v) is 4.34. The summed E-state index contributed by atoms with van der Waals surface area (Å²) in [6.45, 7) is 5.40. The highest BCUT2D eigenvalue weighted by Gasteiger charge is 2.13. The molecule has 0 aliphatic rings. The minimum absolute atomic E-state index is 0.985. The van der Waals surface area contributed by atoms with Gasteiger partial charge in [0.1, 0.15) is 0 Å². The number of benzene rings is 2. The molecule has 0 spiro atoms. The molecule has 0 bridgehead atoms. The van der Waals surface area contributed by atoms with E-state index in [9.17, 15) is 0 Å². The molecule has 2 N–H and O–H groups in total. The number of aromatic nitrogens is 2. The zero-order valence-electron chi connectivity index (χ0n) is 17.6. The van der Waals surface area contributed by atoms with Gasteiger partial charge in [-0.2, -0.15) is 0 Å². The number of para-hydroxylation sites is 2. The quantitative estimate of drug-likeness (QED) is 0.267. The van der Waals surface area contributed by atoms with Gasteiger partial charge in [0, 0.05) is 47.3 Å². The molecule has 0 saturated heterocycles. The van der Waals surface area contributed by atoms with Gasteiger partial charge >= 0.3 is 0 Å². The predicted octanol–water partition coefficient (Wildman–Crippen LogP) is 7.01. The van der Waals surface area contributed by atoms with Crippen molar-refractivity contribution in [3.05, 3.63) is 72.1 Å². The second-order valence-electron chi connectivity index (χ2n) is 8.20. The Hall–Kier alpha value is -2.52. The number of hydrogen-bond donors (Lipinski definition) is 2. The van der Waals surface area contributed by atoms with Crippen molar-refractivity contribution in [1.29, 1.82) is 0 Å². The van der Waals surface area contributed by atoms with Crippen molar-refractivity contribution < 1.29 is 0 Å². The lowest BCUT2D eigenvalue weighted by Crippen LogP contribution is -2.24. The van der Waals surface area contributed by atoms with E-state index in [1.807, 2.05) is 0 Å². The fraction of sp³-hybridized carbons (Fsp3) is 0.385. The highest BCUT2D eigenvalue weighted by atomic mass is 15.1. The maximum Gasteiger partial charge on any atom is 0.0457 e. The first-order valence-electron chi connectivity index (χ1n) is 11.2. The molecule has 2 aromatic heterocycles. The lowest BCUT2D eigenvalue weighted by molar-refractivity contribution is 0.252. The zero-order valence-corrected chi connectivity index (χ0v) is 17.6. The van der Waals surface area contributed by atoms with E-state index in [0.29, 0.717) is 0 Å². The summed E-state index contributed by atoms with van der Waals surface area (Å²) in [7, 11) is 0. The molecule has 0 saturated carbocycles. The number of unbranched alkanes of at least 4 members (excludes halogenated alkanes) is 5. The van der Waals surface area contributed by atoms with Gasteiger partial charge in [0.15, 0.2) is 0 Å². The summed E-state index contributed by atoms with van der Waals surface area (Å²) in [6.07, 6.45) is 12.4. The third kappa shape index (κ3) is 4.91. The fourth-order valence-electron chi connectivity index (χ4n) is 4.34. The van der Waals surface area contributed by atoms with Crippen LogP contribution in [-0.4, -0.2) is 21.4 Å². The number of hydrogen-bond acceptors (Lipinski definition) is 1. The van der Waals surface area contributed by atoms with Crippen LogP contribution in [0.2, 0.25) is 0 Å². The number of nitrogens with zero attached hydrogens (tertiary/aromatic N) is 1. The first kappa shape index (κ1) is 19.8. The second kappa shape index (κ2) is 9.80. The monoisotopic (exact) mass is 387 g/mol. The molecule has 4 rings (SSSR count). The van der Waals surface area contributed by atoms with Crippen LogP contribution < -0.4 is 0 Å². The number of rotatable bonds is 11. The molecule has 0 unspecified atom stereocenters. The Labute approximate surface area is 174 Å². The lowest BCUT2D eigenvalue weighted by Gasteiger charge is -2.22. The van der Waals surface area contributed by atoms with Crippen LogP contribution in [0.3, 0.4) is 0 Å². The molecule has 29 heavy (non-hydrogen) atoms. The van der Waals surface area contributed by atoms with Gasteiger partial charge in [-0.3, -0.25) is 4.90 Å². The molecule has 2 heterocycles. The van der Waals surface area contributed by atoms with E-state index in [1.165, 1.54) is 71.5 Å². The molecule has 3 heteroatoms. The van der Waals surface area contributed by atoms with E-state index in [1.54, 1.807) is 0 Å². The molecule has 0 atom stereocenters. The van der Waals surface area contributed by atoms with Crippen LogP contribution in [0, 0.1) is 0 Å². The third-order valence-corrected chi connectivity index (χ3v) is 5.97. The Balaban J connectivity index is 1.47. The summed E-state index contributed by atoms with van der Waals surface area (Å²) in [5.41, 5.74) is 5.25. The van der Waals surface area contributed by atoms with Crippen molar-refractivity contribution in [3.8, 4) is 0 Å². The summed E-state index contributed by atoms with van der Waals surface area (Å²) in [5, 5.41) is 2.69. The van der Waals surface area contributed by atoms with Crippen LogP contribution in [-0.2, 0) is 13.1 Å². The van der Waals surface area contributed by atoms with E-state index in [0.717, 1.165) is 19.6 Å². The summed E-state index contributed by atoms with van der Waals surface area (Å²) >= 11 is 0. The molecule has 0 radical (unpaired) electrons. The van der Waals surface area contributed by atoms with Crippen molar-refractivity contribution in [1.82, 2.24) is 14.9 Å². The maximum atomic E-state index is 3.44. The third-order valence-electron chi connectivity index (χ3n) is 5.97. The van der Waals surface area contributed by atoms with Crippen molar-refractivity contribution in [3.63, 3.8) is 0 Å². The van der Waals surface area contributed by atoms with Crippen LogP contribution in [0.15, 0.2) is 60.9 Å². The van der Waals surface area contributed by atoms with E-state index < -0.39 is 0 Å². The standard InChI is InChI=1S/C26H33N3/c1-2-3-4-5-6-11-16-29(19-21-17-27-25-14-9-7-12-23(21)25)20-22-18-28-26-15-10-8-13-24(22)26/h7-10,12-15,17-18,27-28H,2-6,11,16,19-20H2,1H3. The van der Waals surface area contributed by atoms with Crippen LogP contribution >= 0.6 is 0 Å². The van der Waals surface area contributed by atoms with Crippen LogP contribution in [0.5, 0.6) is 0 Å². The maximum absolute atomic E-state index is 3.44. The Morgan fingerprint density at radius 2 is 1.17 bits per heavy atom. The summed E-state index contributed by atoms with van der Waals surface area (Å²) in [4.78, 5) is 9.50. The van der Waals surface area contributed by atoms with E-state index in [-0.39, 0.29) is 0 Å². The number of aromatic amines is 2. The van der Waals surface area contributed by atoms with Gasteiger partial charge in [-0.15, -0.1) is 0 Å². The Kier molecular flexibility index (Phi) is 6.68. The van der Waals surface area contributed by atoms with Gasteiger partial charge in [0.2, 0.25) is 0 Å². The summed E-state index contributed by atoms with van der Waals surface area (Å²) in [6, 6.07) is 17.3. The molecule has 3 nitrogen and oxygen atoms in total. The van der Waals surface area contributed by atoms with Gasteiger partial charge in [0.25, 0.3) is 0 Å². The molecule has 0 fully saturated rings. The Bertz CT molecular complexity index is 950. The first-order valence-corrected chi connectivity index (χ1v) is 11.2.